The summed E-state index contributed by atoms with van der Waals surface area (Å²) < 4.78 is 10.0. The number of anilines is 1. The van der Waals surface area contributed by atoms with Gasteiger partial charge in [0.15, 0.2) is 0 Å². The van der Waals surface area contributed by atoms with E-state index in [0.717, 1.165) is 16.8 Å². The van der Waals surface area contributed by atoms with Crippen LogP contribution in [0, 0.1) is 19.8 Å². The fraction of sp³-hybridized carbons (Fsp3) is 0.286. The number of nitrogens with zero attached hydrogens (tertiary/aromatic N) is 1. The molecule has 1 atom stereocenters. The summed E-state index contributed by atoms with van der Waals surface area (Å²) in [5.74, 6) is -1.22. The van der Waals surface area contributed by atoms with E-state index in [1.54, 1.807) is 4.90 Å². The molecule has 3 rings (SSSR count). The lowest BCUT2D eigenvalue weighted by Gasteiger charge is -2.18. The lowest BCUT2D eigenvalue weighted by atomic mass is 10.1. The Kier molecular flexibility index (Phi) is 5.26. The zero-order chi connectivity index (χ0) is 19.6. The van der Waals surface area contributed by atoms with Crippen LogP contribution in [0.15, 0.2) is 42.5 Å². The second kappa shape index (κ2) is 7.61. The smallest absolute Gasteiger partial charge is 0.337 e. The first-order valence-electron chi connectivity index (χ1n) is 8.66. The monoisotopic (exact) mass is 367 g/mol. The van der Waals surface area contributed by atoms with Gasteiger partial charge in [0.05, 0.1) is 18.6 Å². The molecule has 0 bridgehead atoms. The van der Waals surface area contributed by atoms with E-state index >= 15 is 0 Å². The summed E-state index contributed by atoms with van der Waals surface area (Å²) in [6.45, 7) is 4.24. The van der Waals surface area contributed by atoms with Crippen LogP contribution >= 0.6 is 0 Å². The highest BCUT2D eigenvalue weighted by molar-refractivity contribution is 5.99. The van der Waals surface area contributed by atoms with Gasteiger partial charge in [0.1, 0.15) is 5.75 Å². The van der Waals surface area contributed by atoms with Crippen LogP contribution in [0.1, 0.15) is 27.9 Å². The van der Waals surface area contributed by atoms with E-state index < -0.39 is 17.9 Å². The van der Waals surface area contributed by atoms with E-state index in [1.807, 2.05) is 32.0 Å². The Morgan fingerprint density at radius 3 is 2.26 bits per heavy atom. The molecule has 0 radical (unpaired) electrons. The SMILES string of the molecule is COC(=O)c1ccc(OC(=O)[C@H]2CC(=O)N(c3cc(C)cc(C)c3)C2)cc1. The molecule has 2 aromatic rings. The average Bonchev–Trinajstić information content (AvgIpc) is 3.03. The largest absolute Gasteiger partial charge is 0.465 e. The van der Waals surface area contributed by atoms with Gasteiger partial charge in [-0.25, -0.2) is 4.79 Å². The second-order valence-electron chi connectivity index (χ2n) is 6.69. The molecule has 1 aliphatic rings. The molecule has 6 heteroatoms. The van der Waals surface area contributed by atoms with Gasteiger partial charge < -0.3 is 14.4 Å². The van der Waals surface area contributed by atoms with Gasteiger partial charge in [-0.15, -0.1) is 0 Å². The Bertz CT molecular complexity index is 868. The molecule has 1 amide bonds. The molecule has 0 spiro atoms. The lowest BCUT2D eigenvalue weighted by molar-refractivity contribution is -0.139. The van der Waals surface area contributed by atoms with E-state index in [0.29, 0.717) is 17.9 Å². The average molecular weight is 367 g/mol. The molecule has 2 aromatic carbocycles. The normalized spacial score (nSPS) is 16.3. The predicted molar refractivity (Wildman–Crippen MR) is 99.8 cm³/mol. The molecule has 1 fully saturated rings. The van der Waals surface area contributed by atoms with Crippen molar-refractivity contribution >= 4 is 23.5 Å². The first-order chi connectivity index (χ1) is 12.9. The van der Waals surface area contributed by atoms with Crippen molar-refractivity contribution in [1.82, 2.24) is 0 Å². The van der Waals surface area contributed by atoms with Crippen molar-refractivity contribution < 1.29 is 23.9 Å². The van der Waals surface area contributed by atoms with E-state index in [4.69, 9.17) is 4.74 Å². The van der Waals surface area contributed by atoms with E-state index in [2.05, 4.69) is 4.74 Å². The summed E-state index contributed by atoms with van der Waals surface area (Å²) in [6, 6.07) is 12.0. The number of hydrogen-bond acceptors (Lipinski definition) is 5. The van der Waals surface area contributed by atoms with Crippen LogP contribution in [0.2, 0.25) is 0 Å². The van der Waals surface area contributed by atoms with Crippen molar-refractivity contribution in [2.24, 2.45) is 5.92 Å². The third-order valence-electron chi connectivity index (χ3n) is 4.47. The van der Waals surface area contributed by atoms with Crippen LogP contribution in [-0.2, 0) is 14.3 Å². The van der Waals surface area contributed by atoms with Gasteiger partial charge >= 0.3 is 11.9 Å². The molecule has 0 aromatic heterocycles. The number of carbonyl (C=O) groups is 3. The van der Waals surface area contributed by atoms with Crippen molar-refractivity contribution in [3.8, 4) is 5.75 Å². The van der Waals surface area contributed by atoms with E-state index in [9.17, 15) is 14.4 Å². The molecule has 0 saturated carbocycles. The van der Waals surface area contributed by atoms with Crippen molar-refractivity contribution in [2.75, 3.05) is 18.6 Å². The van der Waals surface area contributed by atoms with Crippen LogP contribution in [0.4, 0.5) is 5.69 Å². The van der Waals surface area contributed by atoms with Gasteiger partial charge in [0.2, 0.25) is 5.91 Å². The number of benzene rings is 2. The number of rotatable bonds is 4. The molecule has 0 aliphatic carbocycles. The molecular formula is C21H21NO5. The number of ether oxygens (including phenoxy) is 2. The standard InChI is InChI=1S/C21H21NO5/c1-13-8-14(2)10-17(9-13)22-12-16(11-19(22)23)21(25)27-18-6-4-15(5-7-18)20(24)26-3/h4-10,16H,11-12H2,1-3H3/t16-/m0/s1. The molecule has 1 saturated heterocycles. The number of hydrogen-bond donors (Lipinski definition) is 0. The van der Waals surface area contributed by atoms with Crippen molar-refractivity contribution in [1.29, 1.82) is 0 Å². The molecule has 0 N–H and O–H groups in total. The maximum Gasteiger partial charge on any atom is 0.337 e. The molecule has 6 nitrogen and oxygen atoms in total. The summed E-state index contributed by atoms with van der Waals surface area (Å²) in [4.78, 5) is 37.9. The highest BCUT2D eigenvalue weighted by atomic mass is 16.5. The summed E-state index contributed by atoms with van der Waals surface area (Å²) in [6.07, 6.45) is 0.117. The summed E-state index contributed by atoms with van der Waals surface area (Å²) in [5.41, 5.74) is 3.30. The minimum absolute atomic E-state index is 0.0945. The molecule has 1 heterocycles. The Morgan fingerprint density at radius 1 is 1.04 bits per heavy atom. The fourth-order valence-electron chi connectivity index (χ4n) is 3.20. The highest BCUT2D eigenvalue weighted by Crippen LogP contribution is 2.28. The van der Waals surface area contributed by atoms with Crippen molar-refractivity contribution in [3.05, 3.63) is 59.2 Å². The minimum atomic E-state index is -0.529. The Balaban J connectivity index is 1.67. The van der Waals surface area contributed by atoms with Crippen molar-refractivity contribution in [2.45, 2.75) is 20.3 Å². The first kappa shape index (κ1) is 18.6. The van der Waals surface area contributed by atoms with E-state index in [-0.39, 0.29) is 12.3 Å². The Labute approximate surface area is 157 Å². The van der Waals surface area contributed by atoms with Gasteiger partial charge in [0.25, 0.3) is 0 Å². The second-order valence-corrected chi connectivity index (χ2v) is 6.69. The number of amides is 1. The molecule has 27 heavy (non-hydrogen) atoms. The van der Waals surface area contributed by atoms with Crippen LogP contribution in [-0.4, -0.2) is 31.5 Å². The topological polar surface area (TPSA) is 72.9 Å². The predicted octanol–water partition coefficient (Wildman–Crippen LogP) is 3.05. The minimum Gasteiger partial charge on any atom is -0.465 e. The van der Waals surface area contributed by atoms with Crippen LogP contribution in [0.5, 0.6) is 5.75 Å². The van der Waals surface area contributed by atoms with Crippen LogP contribution < -0.4 is 9.64 Å². The van der Waals surface area contributed by atoms with Crippen molar-refractivity contribution in [3.63, 3.8) is 0 Å². The molecule has 0 unspecified atom stereocenters. The zero-order valence-corrected chi connectivity index (χ0v) is 15.5. The van der Waals surface area contributed by atoms with Crippen LogP contribution in [0.3, 0.4) is 0 Å². The first-order valence-corrected chi connectivity index (χ1v) is 8.66. The van der Waals surface area contributed by atoms with Crippen LogP contribution in [0.25, 0.3) is 0 Å². The molecule has 140 valence electrons. The number of aryl methyl sites for hydroxylation is 2. The van der Waals surface area contributed by atoms with Gasteiger partial charge in [0, 0.05) is 18.7 Å². The third-order valence-corrected chi connectivity index (χ3v) is 4.47. The summed E-state index contributed by atoms with van der Waals surface area (Å²) >= 11 is 0. The zero-order valence-electron chi connectivity index (χ0n) is 15.5. The molecular weight excluding hydrogens is 346 g/mol. The maximum absolute atomic E-state index is 12.5. The lowest BCUT2D eigenvalue weighted by Crippen LogP contribution is -2.27. The van der Waals surface area contributed by atoms with Gasteiger partial charge in [-0.2, -0.15) is 0 Å². The maximum atomic E-state index is 12.5. The Morgan fingerprint density at radius 2 is 1.67 bits per heavy atom. The van der Waals surface area contributed by atoms with Gasteiger partial charge in [-0.3, -0.25) is 9.59 Å². The number of methoxy groups -OCH3 is 1. The number of carbonyl (C=O) groups excluding carboxylic acids is 3. The fourth-order valence-corrected chi connectivity index (χ4v) is 3.20. The van der Waals surface area contributed by atoms with Gasteiger partial charge in [-0.05, 0) is 61.4 Å². The number of esters is 2. The Hall–Kier alpha value is -3.15. The summed E-state index contributed by atoms with van der Waals surface area (Å²) in [5, 5.41) is 0. The van der Waals surface area contributed by atoms with Gasteiger partial charge in [-0.1, -0.05) is 6.07 Å². The third kappa shape index (κ3) is 4.16. The van der Waals surface area contributed by atoms with E-state index in [1.165, 1.54) is 31.4 Å². The molecule has 1 aliphatic heterocycles. The summed E-state index contributed by atoms with van der Waals surface area (Å²) in [7, 11) is 1.30. The highest BCUT2D eigenvalue weighted by Gasteiger charge is 2.36. The quantitative estimate of drug-likeness (QED) is 0.613.